The summed E-state index contributed by atoms with van der Waals surface area (Å²) in [6, 6.07) is 7.06. The van der Waals surface area contributed by atoms with Gasteiger partial charge in [-0.1, -0.05) is 12.1 Å². The number of benzene rings is 1. The van der Waals surface area contributed by atoms with Crippen LogP contribution in [-0.4, -0.2) is 48.0 Å². The fraction of sp³-hybridized carbons (Fsp3) is 0.471. The first kappa shape index (κ1) is 16.3. The van der Waals surface area contributed by atoms with Crippen molar-refractivity contribution in [3.63, 3.8) is 0 Å². The lowest BCUT2D eigenvalue weighted by atomic mass is 10.0. The second-order valence-corrected chi connectivity index (χ2v) is 6.07. The van der Waals surface area contributed by atoms with Crippen LogP contribution in [0.15, 0.2) is 24.3 Å². The van der Waals surface area contributed by atoms with Gasteiger partial charge in [0.15, 0.2) is 5.72 Å². The number of nitrogens with one attached hydrogen (secondary N) is 2. The Hall–Kier alpha value is -2.57. The SMILES string of the molecule is CCNC(=O)CN1CC[C@]2(CCC1=O)NC(=O)c1ccccc1O2. The van der Waals surface area contributed by atoms with Gasteiger partial charge in [-0.25, -0.2) is 0 Å². The van der Waals surface area contributed by atoms with Crippen LogP contribution >= 0.6 is 0 Å². The molecule has 1 aromatic rings. The Kier molecular flexibility index (Phi) is 4.42. The highest BCUT2D eigenvalue weighted by atomic mass is 16.5. The van der Waals surface area contributed by atoms with Gasteiger partial charge in [0.05, 0.1) is 12.1 Å². The minimum atomic E-state index is -0.892. The highest BCUT2D eigenvalue weighted by Gasteiger charge is 2.42. The largest absolute Gasteiger partial charge is 0.467 e. The number of likely N-dealkylation sites (tertiary alicyclic amines) is 1. The molecular formula is C17H21N3O4. The molecular weight excluding hydrogens is 310 g/mol. The number of ether oxygens (including phenoxy) is 1. The lowest BCUT2D eigenvalue weighted by molar-refractivity contribution is -0.135. The lowest BCUT2D eigenvalue weighted by Crippen LogP contribution is -2.56. The molecule has 0 aromatic heterocycles. The van der Waals surface area contributed by atoms with E-state index in [0.29, 0.717) is 37.2 Å². The third-order valence-corrected chi connectivity index (χ3v) is 4.37. The van der Waals surface area contributed by atoms with Gasteiger partial charge in [-0.05, 0) is 19.1 Å². The number of carbonyl (C=O) groups excluding carboxylic acids is 3. The van der Waals surface area contributed by atoms with Gasteiger partial charge in [0.2, 0.25) is 11.8 Å². The van der Waals surface area contributed by atoms with Crippen LogP contribution < -0.4 is 15.4 Å². The molecule has 0 saturated carbocycles. The van der Waals surface area contributed by atoms with E-state index >= 15 is 0 Å². The molecule has 0 radical (unpaired) electrons. The molecule has 1 atom stereocenters. The highest BCUT2D eigenvalue weighted by Crippen LogP contribution is 2.33. The number of para-hydroxylation sites is 1. The summed E-state index contributed by atoms with van der Waals surface area (Å²) in [4.78, 5) is 37.9. The molecule has 128 valence electrons. The number of amides is 3. The zero-order valence-corrected chi connectivity index (χ0v) is 13.6. The van der Waals surface area contributed by atoms with Crippen molar-refractivity contribution in [1.29, 1.82) is 0 Å². The van der Waals surface area contributed by atoms with Gasteiger partial charge in [0.1, 0.15) is 5.75 Å². The molecule has 2 N–H and O–H groups in total. The second kappa shape index (κ2) is 6.51. The van der Waals surface area contributed by atoms with E-state index in [1.165, 1.54) is 4.90 Å². The van der Waals surface area contributed by atoms with Crippen LogP contribution in [0.25, 0.3) is 0 Å². The van der Waals surface area contributed by atoms with E-state index in [4.69, 9.17) is 4.74 Å². The average Bonchev–Trinajstić information content (AvgIpc) is 2.69. The molecule has 1 saturated heterocycles. The molecule has 2 heterocycles. The molecule has 3 amide bonds. The zero-order chi connectivity index (χ0) is 17.2. The molecule has 2 aliphatic rings. The maximum atomic E-state index is 12.3. The Bertz CT molecular complexity index is 676. The van der Waals surface area contributed by atoms with Crippen molar-refractivity contribution in [3.05, 3.63) is 29.8 Å². The van der Waals surface area contributed by atoms with Crippen molar-refractivity contribution in [1.82, 2.24) is 15.5 Å². The first-order valence-corrected chi connectivity index (χ1v) is 8.18. The molecule has 24 heavy (non-hydrogen) atoms. The Morgan fingerprint density at radius 3 is 2.92 bits per heavy atom. The van der Waals surface area contributed by atoms with E-state index in [-0.39, 0.29) is 30.7 Å². The van der Waals surface area contributed by atoms with Crippen molar-refractivity contribution < 1.29 is 19.1 Å². The normalized spacial score (nSPS) is 23.1. The summed E-state index contributed by atoms with van der Waals surface area (Å²) in [6.45, 7) is 2.76. The van der Waals surface area contributed by atoms with Gasteiger partial charge in [-0.3, -0.25) is 14.4 Å². The number of likely N-dealkylation sites (N-methyl/N-ethyl adjacent to an activating group) is 1. The summed E-state index contributed by atoms with van der Waals surface area (Å²) in [5.74, 6) is 0.0583. The fourth-order valence-corrected chi connectivity index (χ4v) is 3.11. The minimum Gasteiger partial charge on any atom is -0.467 e. The summed E-state index contributed by atoms with van der Waals surface area (Å²) in [5, 5.41) is 5.60. The summed E-state index contributed by atoms with van der Waals surface area (Å²) in [6.07, 6.45) is 1.05. The van der Waals surface area contributed by atoms with Crippen LogP contribution in [-0.2, 0) is 9.59 Å². The maximum Gasteiger partial charge on any atom is 0.258 e. The zero-order valence-electron chi connectivity index (χ0n) is 13.6. The van der Waals surface area contributed by atoms with Crippen LogP contribution in [0.2, 0.25) is 0 Å². The lowest BCUT2D eigenvalue weighted by Gasteiger charge is -2.38. The Morgan fingerprint density at radius 2 is 2.12 bits per heavy atom. The Balaban J connectivity index is 1.74. The van der Waals surface area contributed by atoms with Gasteiger partial charge in [-0.2, -0.15) is 0 Å². The third kappa shape index (κ3) is 3.20. The molecule has 0 unspecified atom stereocenters. The number of hydrogen-bond donors (Lipinski definition) is 2. The van der Waals surface area contributed by atoms with Gasteiger partial charge >= 0.3 is 0 Å². The molecule has 7 heteroatoms. The molecule has 3 rings (SSSR count). The van der Waals surface area contributed by atoms with Crippen LogP contribution in [0.1, 0.15) is 36.5 Å². The minimum absolute atomic E-state index is 0.0350. The molecule has 1 fully saturated rings. The summed E-state index contributed by atoms with van der Waals surface area (Å²) in [7, 11) is 0. The summed E-state index contributed by atoms with van der Waals surface area (Å²) in [5.41, 5.74) is -0.394. The van der Waals surface area contributed by atoms with Crippen molar-refractivity contribution in [3.8, 4) is 5.75 Å². The van der Waals surface area contributed by atoms with Crippen LogP contribution in [0, 0.1) is 0 Å². The second-order valence-electron chi connectivity index (χ2n) is 6.07. The van der Waals surface area contributed by atoms with Gasteiger partial charge in [0.25, 0.3) is 5.91 Å². The van der Waals surface area contributed by atoms with Gasteiger partial charge < -0.3 is 20.3 Å². The van der Waals surface area contributed by atoms with E-state index in [1.54, 1.807) is 18.2 Å². The quantitative estimate of drug-likeness (QED) is 0.851. The van der Waals surface area contributed by atoms with Crippen molar-refractivity contribution >= 4 is 17.7 Å². The predicted molar refractivity (Wildman–Crippen MR) is 86.4 cm³/mol. The highest BCUT2D eigenvalue weighted by molar-refractivity contribution is 5.98. The number of hydrogen-bond acceptors (Lipinski definition) is 4. The summed E-state index contributed by atoms with van der Waals surface area (Å²) >= 11 is 0. The standard InChI is InChI=1S/C17H21N3O4/c1-2-18-14(21)11-20-10-9-17(8-7-15(20)22)19-16(23)12-5-3-4-6-13(12)24-17/h3-6H,2,7-11H2,1H3,(H,18,21)(H,19,23)/t17-/m1/s1. The van der Waals surface area contributed by atoms with Crippen LogP contribution in [0.4, 0.5) is 0 Å². The van der Waals surface area contributed by atoms with E-state index < -0.39 is 5.72 Å². The maximum absolute atomic E-state index is 12.3. The molecule has 7 nitrogen and oxygen atoms in total. The van der Waals surface area contributed by atoms with Crippen LogP contribution in [0.5, 0.6) is 5.75 Å². The molecule has 2 aliphatic heterocycles. The van der Waals surface area contributed by atoms with Crippen molar-refractivity contribution in [2.45, 2.75) is 31.9 Å². The van der Waals surface area contributed by atoms with Crippen molar-refractivity contribution in [2.75, 3.05) is 19.6 Å². The van der Waals surface area contributed by atoms with Gasteiger partial charge in [0, 0.05) is 32.4 Å². The van der Waals surface area contributed by atoms with Crippen molar-refractivity contribution in [2.24, 2.45) is 0 Å². The first-order valence-electron chi connectivity index (χ1n) is 8.18. The molecule has 1 aromatic carbocycles. The van der Waals surface area contributed by atoms with E-state index in [1.807, 2.05) is 13.0 Å². The number of carbonyl (C=O) groups is 3. The van der Waals surface area contributed by atoms with E-state index in [9.17, 15) is 14.4 Å². The third-order valence-electron chi connectivity index (χ3n) is 4.37. The monoisotopic (exact) mass is 331 g/mol. The molecule has 0 bridgehead atoms. The Morgan fingerprint density at radius 1 is 1.33 bits per heavy atom. The summed E-state index contributed by atoms with van der Waals surface area (Å²) < 4.78 is 6.05. The molecule has 1 spiro atoms. The van der Waals surface area contributed by atoms with E-state index in [0.717, 1.165) is 0 Å². The smallest absolute Gasteiger partial charge is 0.258 e. The first-order chi connectivity index (χ1) is 11.5. The average molecular weight is 331 g/mol. The van der Waals surface area contributed by atoms with Gasteiger partial charge in [-0.15, -0.1) is 0 Å². The van der Waals surface area contributed by atoms with E-state index in [2.05, 4.69) is 10.6 Å². The number of nitrogens with zero attached hydrogens (tertiary/aromatic N) is 1. The predicted octanol–water partition coefficient (Wildman–Crippen LogP) is 0.654. The van der Waals surface area contributed by atoms with Crippen LogP contribution in [0.3, 0.4) is 0 Å². The number of fused-ring (bicyclic) bond motifs is 1. The molecule has 0 aliphatic carbocycles. The fourth-order valence-electron chi connectivity index (χ4n) is 3.11. The topological polar surface area (TPSA) is 87.7 Å². The Labute approximate surface area is 140 Å². The number of rotatable bonds is 3.